The van der Waals surface area contributed by atoms with Gasteiger partial charge in [0, 0.05) is 24.1 Å². The number of para-hydroxylation sites is 1. The molecule has 0 aliphatic carbocycles. The zero-order valence-electron chi connectivity index (χ0n) is 19.7. The van der Waals surface area contributed by atoms with Crippen LogP contribution >= 0.6 is 0 Å². The number of carboxylic acids is 1. The lowest BCUT2D eigenvalue weighted by Crippen LogP contribution is -2.37. The molecule has 1 aliphatic rings. The lowest BCUT2D eigenvalue weighted by Gasteiger charge is -2.33. The molecule has 5 nitrogen and oxygen atoms in total. The summed E-state index contributed by atoms with van der Waals surface area (Å²) in [5.41, 5.74) is 3.62. The summed E-state index contributed by atoms with van der Waals surface area (Å²) < 4.78 is 11.7. The quantitative estimate of drug-likeness (QED) is 0.336. The highest BCUT2D eigenvalue weighted by Crippen LogP contribution is 2.40. The highest BCUT2D eigenvalue weighted by molar-refractivity contribution is 5.86. The molecule has 0 aromatic heterocycles. The highest BCUT2D eigenvalue weighted by Gasteiger charge is 2.29. The minimum atomic E-state index is -0.986. The van der Waals surface area contributed by atoms with E-state index < -0.39 is 5.97 Å². The molecule has 0 bridgehead atoms. The molecule has 1 heterocycles. The minimum absolute atomic E-state index is 0.0234. The van der Waals surface area contributed by atoms with Crippen LogP contribution in [0.3, 0.4) is 0 Å². The number of carbonyl (C=O) groups is 1. The molecule has 1 aliphatic heterocycles. The summed E-state index contributed by atoms with van der Waals surface area (Å²) in [5, 5.41) is 15.1. The van der Waals surface area contributed by atoms with Gasteiger partial charge in [0.2, 0.25) is 0 Å². The Morgan fingerprint density at radius 1 is 1.00 bits per heavy atom. The number of fused-ring (bicyclic) bond motifs is 2. The highest BCUT2D eigenvalue weighted by atomic mass is 16.5. The molecule has 0 radical (unpaired) electrons. The van der Waals surface area contributed by atoms with Crippen LogP contribution in [0.1, 0.15) is 42.0 Å². The first-order valence-corrected chi connectivity index (χ1v) is 12.0. The minimum Gasteiger partial charge on any atom is -0.489 e. The second kappa shape index (κ2) is 10.2. The van der Waals surface area contributed by atoms with Crippen LogP contribution in [-0.4, -0.2) is 30.3 Å². The van der Waals surface area contributed by atoms with Crippen molar-refractivity contribution in [1.29, 1.82) is 0 Å². The zero-order chi connectivity index (χ0) is 24.2. The van der Waals surface area contributed by atoms with Crippen molar-refractivity contribution in [3.05, 3.63) is 108 Å². The summed E-state index contributed by atoms with van der Waals surface area (Å²) in [4.78, 5) is 10.8. The molecule has 0 amide bonds. The fraction of sp³-hybridized carbons (Fsp3) is 0.233. The van der Waals surface area contributed by atoms with Crippen LogP contribution in [0, 0.1) is 0 Å². The maximum Gasteiger partial charge on any atom is 0.341 e. The SMILES string of the molecule is CC(NC[C@@H]1C[C@@H](c2ccc(OCC(=O)O)cc2)c2ccccc2O1)c1cccc2ccccc12. The maximum atomic E-state index is 10.8. The van der Waals surface area contributed by atoms with Gasteiger partial charge in [-0.15, -0.1) is 0 Å². The second-order valence-electron chi connectivity index (χ2n) is 9.02. The molecule has 4 aromatic carbocycles. The van der Waals surface area contributed by atoms with Gasteiger partial charge in [-0.1, -0.05) is 72.8 Å². The van der Waals surface area contributed by atoms with Gasteiger partial charge >= 0.3 is 5.97 Å². The van der Waals surface area contributed by atoms with Gasteiger partial charge in [-0.25, -0.2) is 4.79 Å². The molecule has 0 spiro atoms. The van der Waals surface area contributed by atoms with Crippen LogP contribution in [-0.2, 0) is 4.79 Å². The van der Waals surface area contributed by atoms with Gasteiger partial charge < -0.3 is 19.9 Å². The van der Waals surface area contributed by atoms with Crippen LogP contribution in [0.2, 0.25) is 0 Å². The van der Waals surface area contributed by atoms with E-state index in [9.17, 15) is 4.79 Å². The van der Waals surface area contributed by atoms with Gasteiger partial charge in [0.15, 0.2) is 6.61 Å². The van der Waals surface area contributed by atoms with Gasteiger partial charge in [0.05, 0.1) is 0 Å². The molecule has 0 saturated carbocycles. The Balaban J connectivity index is 1.32. The predicted octanol–water partition coefficient (Wildman–Crippen LogP) is 5.94. The Kier molecular flexibility index (Phi) is 6.68. The van der Waals surface area contributed by atoms with Crippen molar-refractivity contribution in [2.45, 2.75) is 31.4 Å². The van der Waals surface area contributed by atoms with Crippen molar-refractivity contribution in [1.82, 2.24) is 5.32 Å². The third-order valence-corrected chi connectivity index (χ3v) is 6.67. The lowest BCUT2D eigenvalue weighted by molar-refractivity contribution is -0.139. The average molecular weight is 468 g/mol. The van der Waals surface area contributed by atoms with Gasteiger partial charge in [-0.3, -0.25) is 0 Å². The first-order valence-electron chi connectivity index (χ1n) is 12.0. The molecular weight excluding hydrogens is 438 g/mol. The Labute approximate surface area is 205 Å². The number of hydrogen-bond donors (Lipinski definition) is 2. The monoisotopic (exact) mass is 467 g/mol. The number of hydrogen-bond acceptors (Lipinski definition) is 4. The molecule has 3 atom stereocenters. The number of benzene rings is 4. The van der Waals surface area contributed by atoms with E-state index in [1.54, 1.807) is 0 Å². The third-order valence-electron chi connectivity index (χ3n) is 6.67. The van der Waals surface area contributed by atoms with Crippen molar-refractivity contribution in [2.24, 2.45) is 0 Å². The van der Waals surface area contributed by atoms with Crippen molar-refractivity contribution in [3.63, 3.8) is 0 Å². The zero-order valence-corrected chi connectivity index (χ0v) is 19.7. The molecule has 35 heavy (non-hydrogen) atoms. The van der Waals surface area contributed by atoms with Crippen LogP contribution in [0.5, 0.6) is 11.5 Å². The van der Waals surface area contributed by atoms with E-state index in [4.69, 9.17) is 14.6 Å². The standard InChI is InChI=1S/C30H29NO4/c1-20(25-11-6-8-21-7-2-3-9-26(21)25)31-18-24-17-28(27-10-4-5-12-29(27)35-24)22-13-15-23(16-14-22)34-19-30(32)33/h2-16,20,24,28,31H,17-19H2,1H3,(H,32,33)/t20?,24-,28-/m0/s1. The number of carboxylic acid groups (broad SMARTS) is 1. The molecule has 178 valence electrons. The van der Waals surface area contributed by atoms with E-state index in [0.29, 0.717) is 5.75 Å². The summed E-state index contributed by atoms with van der Waals surface area (Å²) in [6.45, 7) is 2.59. The normalized spacial score (nSPS) is 17.9. The molecule has 1 unspecified atom stereocenters. The topological polar surface area (TPSA) is 67.8 Å². The van der Waals surface area contributed by atoms with E-state index in [2.05, 4.69) is 60.8 Å². The first-order chi connectivity index (χ1) is 17.1. The Hall–Kier alpha value is -3.83. The molecule has 2 N–H and O–H groups in total. The van der Waals surface area contributed by atoms with E-state index in [0.717, 1.165) is 24.3 Å². The number of nitrogens with one attached hydrogen (secondary N) is 1. The molecule has 0 fully saturated rings. The van der Waals surface area contributed by atoms with Crippen LogP contribution in [0.15, 0.2) is 91.0 Å². The van der Waals surface area contributed by atoms with Crippen LogP contribution < -0.4 is 14.8 Å². The smallest absolute Gasteiger partial charge is 0.341 e. The second-order valence-corrected chi connectivity index (χ2v) is 9.02. The summed E-state index contributed by atoms with van der Waals surface area (Å²) in [6.07, 6.45) is 0.872. The summed E-state index contributed by atoms with van der Waals surface area (Å²) in [5.74, 6) is 0.673. The van der Waals surface area contributed by atoms with E-state index >= 15 is 0 Å². The van der Waals surface area contributed by atoms with Crippen LogP contribution in [0.25, 0.3) is 10.8 Å². The van der Waals surface area contributed by atoms with Gasteiger partial charge in [0.1, 0.15) is 17.6 Å². The Morgan fingerprint density at radius 3 is 2.57 bits per heavy atom. The lowest BCUT2D eigenvalue weighted by atomic mass is 9.84. The fourth-order valence-corrected chi connectivity index (χ4v) is 4.92. The van der Waals surface area contributed by atoms with Crippen molar-refractivity contribution >= 4 is 16.7 Å². The third kappa shape index (κ3) is 5.15. The molecule has 0 saturated heterocycles. The van der Waals surface area contributed by atoms with Gasteiger partial charge in [-0.05, 0) is 53.4 Å². The van der Waals surface area contributed by atoms with Crippen LogP contribution in [0.4, 0.5) is 0 Å². The van der Waals surface area contributed by atoms with Gasteiger partial charge in [0.25, 0.3) is 0 Å². The van der Waals surface area contributed by atoms with Crippen molar-refractivity contribution in [3.8, 4) is 11.5 Å². The largest absolute Gasteiger partial charge is 0.489 e. The maximum absolute atomic E-state index is 10.8. The number of rotatable bonds is 8. The Morgan fingerprint density at radius 2 is 1.74 bits per heavy atom. The van der Waals surface area contributed by atoms with E-state index in [1.165, 1.54) is 21.9 Å². The predicted molar refractivity (Wildman–Crippen MR) is 137 cm³/mol. The fourth-order valence-electron chi connectivity index (χ4n) is 4.92. The summed E-state index contributed by atoms with van der Waals surface area (Å²) >= 11 is 0. The summed E-state index contributed by atoms with van der Waals surface area (Å²) in [6, 6.07) is 31.0. The molecule has 5 rings (SSSR count). The average Bonchev–Trinajstić information content (AvgIpc) is 2.90. The van der Waals surface area contributed by atoms with Crippen molar-refractivity contribution in [2.75, 3.05) is 13.2 Å². The molecule has 5 heteroatoms. The first kappa shape index (κ1) is 22.9. The van der Waals surface area contributed by atoms with E-state index in [1.807, 2.05) is 42.5 Å². The number of ether oxygens (including phenoxy) is 2. The van der Waals surface area contributed by atoms with E-state index in [-0.39, 0.29) is 24.7 Å². The Bertz CT molecular complexity index is 1310. The summed E-state index contributed by atoms with van der Waals surface area (Å²) in [7, 11) is 0. The van der Waals surface area contributed by atoms with Gasteiger partial charge in [-0.2, -0.15) is 0 Å². The molecular formula is C30H29NO4. The van der Waals surface area contributed by atoms with Crippen molar-refractivity contribution < 1.29 is 19.4 Å². The molecule has 4 aromatic rings. The number of aliphatic carboxylic acids is 1.